The van der Waals surface area contributed by atoms with Gasteiger partial charge in [0.1, 0.15) is 0 Å². The molecule has 2 atom stereocenters. The number of allylic oxidation sites excluding steroid dienone is 2. The van der Waals surface area contributed by atoms with E-state index in [-0.39, 0.29) is 11.9 Å². The average molecular weight is 154 g/mol. The molecular weight excluding hydrogens is 140 g/mol. The molecule has 0 amide bonds. The van der Waals surface area contributed by atoms with Crippen molar-refractivity contribution >= 4 is 5.97 Å². The molecule has 62 valence electrons. The molecule has 0 fully saturated rings. The molecule has 2 heteroatoms. The third-order valence-electron chi connectivity index (χ3n) is 2.08. The molecule has 0 bridgehead atoms. The van der Waals surface area contributed by atoms with Gasteiger partial charge < -0.3 is 4.74 Å². The van der Waals surface area contributed by atoms with Gasteiger partial charge in [0.25, 0.3) is 0 Å². The van der Waals surface area contributed by atoms with Crippen molar-refractivity contribution in [3.05, 3.63) is 12.2 Å². The standard InChI is InChI=1S/C9H14O2/c1-7-4-3-5-8(6-7)9(10)11-2/h3-4,7-8H,5-6H2,1-2H3/t7-,8-/m1/s1. The van der Waals surface area contributed by atoms with Gasteiger partial charge in [-0.2, -0.15) is 0 Å². The van der Waals surface area contributed by atoms with Crippen LogP contribution in [0.4, 0.5) is 0 Å². The molecule has 0 saturated carbocycles. The number of rotatable bonds is 1. The Hall–Kier alpha value is -0.790. The molecule has 0 aromatic heterocycles. The molecule has 1 rings (SSSR count). The lowest BCUT2D eigenvalue weighted by atomic mass is 9.88. The summed E-state index contributed by atoms with van der Waals surface area (Å²) < 4.78 is 4.67. The largest absolute Gasteiger partial charge is 0.469 e. The van der Waals surface area contributed by atoms with Gasteiger partial charge in [0.2, 0.25) is 0 Å². The van der Waals surface area contributed by atoms with Crippen LogP contribution in [0.5, 0.6) is 0 Å². The zero-order valence-corrected chi connectivity index (χ0v) is 7.04. The van der Waals surface area contributed by atoms with E-state index in [0.717, 1.165) is 12.8 Å². The molecule has 2 nitrogen and oxygen atoms in total. The molecule has 0 heterocycles. The molecule has 0 aromatic carbocycles. The first-order chi connectivity index (χ1) is 5.24. The number of carbonyl (C=O) groups is 1. The Balaban J connectivity index is 2.49. The fourth-order valence-electron chi connectivity index (χ4n) is 1.46. The van der Waals surface area contributed by atoms with Crippen LogP contribution in [0, 0.1) is 11.8 Å². The zero-order valence-electron chi connectivity index (χ0n) is 7.04. The van der Waals surface area contributed by atoms with Crippen molar-refractivity contribution in [2.24, 2.45) is 11.8 Å². The van der Waals surface area contributed by atoms with Crippen molar-refractivity contribution in [3.63, 3.8) is 0 Å². The Kier molecular flexibility index (Phi) is 2.69. The number of carbonyl (C=O) groups excluding carboxylic acids is 1. The Labute approximate surface area is 67.2 Å². The van der Waals surface area contributed by atoms with Crippen LogP contribution < -0.4 is 0 Å². The van der Waals surface area contributed by atoms with Crippen molar-refractivity contribution in [1.29, 1.82) is 0 Å². The van der Waals surface area contributed by atoms with Crippen LogP contribution in [-0.4, -0.2) is 13.1 Å². The topological polar surface area (TPSA) is 26.3 Å². The Morgan fingerprint density at radius 1 is 1.64 bits per heavy atom. The summed E-state index contributed by atoms with van der Waals surface area (Å²) in [6.07, 6.45) is 6.00. The Bertz CT molecular complexity index is 172. The first-order valence-electron chi connectivity index (χ1n) is 3.98. The van der Waals surface area contributed by atoms with Crippen molar-refractivity contribution in [2.75, 3.05) is 7.11 Å². The van der Waals surface area contributed by atoms with E-state index < -0.39 is 0 Å². The summed E-state index contributed by atoms with van der Waals surface area (Å²) in [5.41, 5.74) is 0. The van der Waals surface area contributed by atoms with Crippen LogP contribution in [0.2, 0.25) is 0 Å². The van der Waals surface area contributed by atoms with Crippen LogP contribution >= 0.6 is 0 Å². The van der Waals surface area contributed by atoms with Gasteiger partial charge in [-0.3, -0.25) is 4.79 Å². The third-order valence-corrected chi connectivity index (χ3v) is 2.08. The lowest BCUT2D eigenvalue weighted by molar-refractivity contribution is -0.145. The highest BCUT2D eigenvalue weighted by Crippen LogP contribution is 2.23. The molecule has 0 N–H and O–H groups in total. The predicted molar refractivity (Wildman–Crippen MR) is 43.0 cm³/mol. The molecule has 1 aliphatic rings. The monoisotopic (exact) mass is 154 g/mol. The summed E-state index contributed by atoms with van der Waals surface area (Å²) in [6, 6.07) is 0. The van der Waals surface area contributed by atoms with Gasteiger partial charge >= 0.3 is 5.97 Å². The summed E-state index contributed by atoms with van der Waals surface area (Å²) in [5.74, 6) is 0.550. The van der Waals surface area contributed by atoms with Crippen LogP contribution in [-0.2, 0) is 9.53 Å². The molecule has 0 aliphatic heterocycles. The second kappa shape index (κ2) is 3.56. The maximum absolute atomic E-state index is 11.1. The van der Waals surface area contributed by atoms with E-state index >= 15 is 0 Å². The second-order valence-corrected chi connectivity index (χ2v) is 3.10. The van der Waals surface area contributed by atoms with Crippen LogP contribution in [0.15, 0.2) is 12.2 Å². The molecule has 0 saturated heterocycles. The Morgan fingerprint density at radius 3 is 2.91 bits per heavy atom. The summed E-state index contributed by atoms with van der Waals surface area (Å²) in [7, 11) is 1.45. The number of esters is 1. The lowest BCUT2D eigenvalue weighted by Crippen LogP contribution is -2.20. The molecule has 11 heavy (non-hydrogen) atoms. The second-order valence-electron chi connectivity index (χ2n) is 3.10. The fourth-order valence-corrected chi connectivity index (χ4v) is 1.46. The molecule has 0 aromatic rings. The van der Waals surface area contributed by atoms with Gasteiger partial charge in [-0.1, -0.05) is 19.1 Å². The number of hydrogen-bond acceptors (Lipinski definition) is 2. The predicted octanol–water partition coefficient (Wildman–Crippen LogP) is 1.76. The average Bonchev–Trinajstić information content (AvgIpc) is 2.03. The maximum atomic E-state index is 11.1. The van der Waals surface area contributed by atoms with E-state index in [9.17, 15) is 4.79 Å². The number of methoxy groups -OCH3 is 1. The third kappa shape index (κ3) is 2.07. The van der Waals surface area contributed by atoms with E-state index in [1.807, 2.05) is 0 Å². The van der Waals surface area contributed by atoms with Gasteiger partial charge in [-0.25, -0.2) is 0 Å². The fraction of sp³-hybridized carbons (Fsp3) is 0.667. The van der Waals surface area contributed by atoms with Gasteiger partial charge in [0.05, 0.1) is 13.0 Å². The van der Waals surface area contributed by atoms with Gasteiger partial charge in [-0.15, -0.1) is 0 Å². The van der Waals surface area contributed by atoms with E-state index in [4.69, 9.17) is 0 Å². The van der Waals surface area contributed by atoms with Crippen LogP contribution in [0.3, 0.4) is 0 Å². The summed E-state index contributed by atoms with van der Waals surface area (Å²) >= 11 is 0. The zero-order chi connectivity index (χ0) is 8.27. The first kappa shape index (κ1) is 8.31. The molecule has 0 spiro atoms. The minimum atomic E-state index is -0.0683. The minimum absolute atomic E-state index is 0.0683. The van der Waals surface area contributed by atoms with E-state index in [1.54, 1.807) is 0 Å². The van der Waals surface area contributed by atoms with Crippen LogP contribution in [0.1, 0.15) is 19.8 Å². The maximum Gasteiger partial charge on any atom is 0.308 e. The lowest BCUT2D eigenvalue weighted by Gasteiger charge is -2.19. The smallest absolute Gasteiger partial charge is 0.308 e. The van der Waals surface area contributed by atoms with E-state index in [2.05, 4.69) is 23.8 Å². The van der Waals surface area contributed by atoms with Crippen molar-refractivity contribution in [1.82, 2.24) is 0 Å². The minimum Gasteiger partial charge on any atom is -0.469 e. The molecule has 0 radical (unpaired) electrons. The molecule has 1 aliphatic carbocycles. The van der Waals surface area contributed by atoms with E-state index in [1.165, 1.54) is 7.11 Å². The van der Waals surface area contributed by atoms with Gasteiger partial charge in [0, 0.05) is 0 Å². The molecule has 0 unspecified atom stereocenters. The van der Waals surface area contributed by atoms with Crippen molar-refractivity contribution in [3.8, 4) is 0 Å². The molecular formula is C9H14O2. The summed E-state index contributed by atoms with van der Waals surface area (Å²) in [6.45, 7) is 2.12. The van der Waals surface area contributed by atoms with Gasteiger partial charge in [-0.05, 0) is 18.8 Å². The first-order valence-corrected chi connectivity index (χ1v) is 3.98. The summed E-state index contributed by atoms with van der Waals surface area (Å²) in [4.78, 5) is 11.1. The summed E-state index contributed by atoms with van der Waals surface area (Å²) in [5, 5.41) is 0. The van der Waals surface area contributed by atoms with Crippen LogP contribution in [0.25, 0.3) is 0 Å². The highest BCUT2D eigenvalue weighted by atomic mass is 16.5. The van der Waals surface area contributed by atoms with Crippen molar-refractivity contribution < 1.29 is 9.53 Å². The van der Waals surface area contributed by atoms with Crippen molar-refractivity contribution in [2.45, 2.75) is 19.8 Å². The number of hydrogen-bond donors (Lipinski definition) is 0. The van der Waals surface area contributed by atoms with E-state index in [0.29, 0.717) is 5.92 Å². The SMILES string of the molecule is COC(=O)[C@@H]1CC=C[C@@H](C)C1. The highest BCUT2D eigenvalue weighted by molar-refractivity contribution is 5.72. The van der Waals surface area contributed by atoms with Gasteiger partial charge in [0.15, 0.2) is 0 Å². The quantitative estimate of drug-likeness (QED) is 0.425. The number of ether oxygens (including phenoxy) is 1. The normalized spacial score (nSPS) is 30.0. The highest BCUT2D eigenvalue weighted by Gasteiger charge is 2.22. The Morgan fingerprint density at radius 2 is 2.36 bits per heavy atom.